The Morgan fingerprint density at radius 2 is 1.90 bits per heavy atom. The summed E-state index contributed by atoms with van der Waals surface area (Å²) in [7, 11) is -2.75. The number of ketones is 1. The summed E-state index contributed by atoms with van der Waals surface area (Å²) in [4.78, 5) is 16.9. The van der Waals surface area contributed by atoms with Crippen molar-refractivity contribution in [2.45, 2.75) is 11.8 Å². The fourth-order valence-electron chi connectivity index (χ4n) is 2.70. The Bertz CT molecular complexity index is 1200. The van der Waals surface area contributed by atoms with Crippen LogP contribution in [0.4, 0.5) is 10.1 Å². The van der Waals surface area contributed by atoms with Crippen molar-refractivity contribution in [1.29, 1.82) is 0 Å². The van der Waals surface area contributed by atoms with Gasteiger partial charge in [0.25, 0.3) is 10.0 Å². The molecule has 6 nitrogen and oxygen atoms in total. The molecule has 1 N–H and O–H groups in total. The maximum Gasteiger partial charge on any atom is 0.261 e. The number of nitrogens with one attached hydrogen (secondary N) is 1. The van der Waals surface area contributed by atoms with Crippen LogP contribution >= 0.6 is 11.6 Å². The van der Waals surface area contributed by atoms with Gasteiger partial charge in [-0.3, -0.25) is 9.52 Å². The van der Waals surface area contributed by atoms with Crippen LogP contribution in [0.15, 0.2) is 59.6 Å². The molecule has 0 aliphatic heterocycles. The molecule has 0 fully saturated rings. The molecular weight excluding hydrogens is 419 g/mol. The van der Waals surface area contributed by atoms with E-state index in [1.807, 2.05) is 0 Å². The number of aryl methyl sites for hydroxylation is 1. The molecule has 3 rings (SSSR count). The molecule has 1 aromatic heterocycles. The minimum Gasteiger partial charge on any atom is -0.496 e. The van der Waals surface area contributed by atoms with Crippen molar-refractivity contribution in [2.24, 2.45) is 0 Å². The van der Waals surface area contributed by atoms with Gasteiger partial charge in [-0.15, -0.1) is 0 Å². The first-order valence-electron chi connectivity index (χ1n) is 8.35. The number of anilines is 1. The van der Waals surface area contributed by atoms with Gasteiger partial charge in [-0.05, 0) is 42.8 Å². The second kappa shape index (κ2) is 8.18. The summed E-state index contributed by atoms with van der Waals surface area (Å²) in [5, 5.41) is 0.101. The normalized spacial score (nSPS) is 11.2. The first-order valence-corrected chi connectivity index (χ1v) is 10.2. The quantitative estimate of drug-likeness (QED) is 0.587. The third-order valence-corrected chi connectivity index (χ3v) is 5.61. The summed E-state index contributed by atoms with van der Waals surface area (Å²) in [6, 6.07) is 11.4. The van der Waals surface area contributed by atoms with Gasteiger partial charge in [0.15, 0.2) is 0 Å². The number of hydrogen-bond donors (Lipinski definition) is 1. The highest BCUT2D eigenvalue weighted by Crippen LogP contribution is 2.29. The van der Waals surface area contributed by atoms with E-state index in [0.29, 0.717) is 0 Å². The number of hydrogen-bond acceptors (Lipinski definition) is 5. The Hall–Kier alpha value is -2.97. The molecule has 29 heavy (non-hydrogen) atoms. The van der Waals surface area contributed by atoms with Crippen molar-refractivity contribution in [3.05, 3.63) is 82.4 Å². The summed E-state index contributed by atoms with van der Waals surface area (Å²) in [5.41, 5.74) is -0.103. The molecule has 9 heteroatoms. The number of benzene rings is 2. The zero-order valence-corrected chi connectivity index (χ0v) is 17.0. The number of carbonyl (C=O) groups excluding carboxylic acids is 1. The molecule has 1 heterocycles. The van der Waals surface area contributed by atoms with Crippen LogP contribution in [0.2, 0.25) is 5.02 Å². The molecule has 0 saturated heterocycles. The Balaban J connectivity index is 2.09. The largest absolute Gasteiger partial charge is 0.496 e. The van der Waals surface area contributed by atoms with Crippen LogP contribution in [0.5, 0.6) is 5.75 Å². The van der Waals surface area contributed by atoms with Crippen LogP contribution < -0.4 is 9.46 Å². The molecule has 3 aromatic rings. The minimum atomic E-state index is -4.04. The zero-order chi connectivity index (χ0) is 21.2. The molecule has 0 aliphatic carbocycles. The number of pyridine rings is 1. The predicted octanol–water partition coefficient (Wildman–Crippen LogP) is 4.22. The Morgan fingerprint density at radius 3 is 2.59 bits per heavy atom. The first kappa shape index (κ1) is 20.8. The van der Waals surface area contributed by atoms with Crippen LogP contribution in [0.1, 0.15) is 21.6 Å². The van der Waals surface area contributed by atoms with E-state index in [4.69, 9.17) is 16.3 Å². The highest BCUT2D eigenvalue weighted by atomic mass is 35.5. The van der Waals surface area contributed by atoms with Gasteiger partial charge in [0, 0.05) is 6.20 Å². The maximum atomic E-state index is 14.3. The van der Waals surface area contributed by atoms with E-state index in [0.717, 1.165) is 11.6 Å². The second-order valence-corrected chi connectivity index (χ2v) is 8.24. The maximum absolute atomic E-state index is 14.3. The monoisotopic (exact) mass is 434 g/mol. The number of rotatable bonds is 6. The molecule has 150 valence electrons. The number of sulfonamides is 1. The lowest BCUT2D eigenvalue weighted by Gasteiger charge is -2.14. The number of halogens is 2. The van der Waals surface area contributed by atoms with Crippen molar-refractivity contribution in [1.82, 2.24) is 4.98 Å². The van der Waals surface area contributed by atoms with E-state index in [1.54, 1.807) is 19.1 Å². The number of nitrogens with zero attached hydrogens (tertiary/aromatic N) is 1. The molecule has 0 aliphatic rings. The van der Waals surface area contributed by atoms with E-state index in [1.165, 1.54) is 43.6 Å². The average molecular weight is 435 g/mol. The number of carbonyl (C=O) groups is 1. The highest BCUT2D eigenvalue weighted by Gasteiger charge is 2.25. The fraction of sp³-hybridized carbons (Fsp3) is 0.100. The van der Waals surface area contributed by atoms with Gasteiger partial charge >= 0.3 is 0 Å². The van der Waals surface area contributed by atoms with Crippen LogP contribution in [0, 0.1) is 12.7 Å². The summed E-state index contributed by atoms with van der Waals surface area (Å²) >= 11 is 5.95. The van der Waals surface area contributed by atoms with Crippen LogP contribution in [-0.2, 0) is 10.0 Å². The van der Waals surface area contributed by atoms with Gasteiger partial charge in [-0.1, -0.05) is 29.8 Å². The third kappa shape index (κ3) is 4.38. The van der Waals surface area contributed by atoms with Gasteiger partial charge < -0.3 is 4.74 Å². The summed E-state index contributed by atoms with van der Waals surface area (Å²) < 4.78 is 47.3. The Kier molecular flexibility index (Phi) is 5.86. The summed E-state index contributed by atoms with van der Waals surface area (Å²) in [5.74, 6) is -1.67. The summed E-state index contributed by atoms with van der Waals surface area (Å²) in [6.45, 7) is 1.75. The standard InChI is InChI=1S/C20H16ClFN2O4S/c1-12-5-3-6-14(9-12)29(26,27)24-16-10-13(21)11-23-19(16)20(25)18-15(22)7-4-8-17(18)28-2/h3-11,24H,1-2H3. The number of aromatic nitrogens is 1. The van der Waals surface area contributed by atoms with Crippen molar-refractivity contribution in [3.8, 4) is 5.75 Å². The molecule has 0 atom stereocenters. The van der Waals surface area contributed by atoms with Crippen molar-refractivity contribution in [3.63, 3.8) is 0 Å². The van der Waals surface area contributed by atoms with E-state index >= 15 is 0 Å². The molecule has 0 unspecified atom stereocenters. The Labute approximate surface area is 172 Å². The lowest BCUT2D eigenvalue weighted by Crippen LogP contribution is -2.18. The second-order valence-electron chi connectivity index (χ2n) is 6.12. The highest BCUT2D eigenvalue weighted by molar-refractivity contribution is 7.92. The molecule has 0 saturated carbocycles. The smallest absolute Gasteiger partial charge is 0.261 e. The molecule has 0 radical (unpaired) electrons. The zero-order valence-electron chi connectivity index (χ0n) is 15.4. The van der Waals surface area contributed by atoms with Crippen molar-refractivity contribution >= 4 is 33.1 Å². The van der Waals surface area contributed by atoms with Crippen LogP contribution in [-0.4, -0.2) is 26.3 Å². The molecule has 0 amide bonds. The SMILES string of the molecule is COc1cccc(F)c1C(=O)c1ncc(Cl)cc1NS(=O)(=O)c1cccc(C)c1. The van der Waals surface area contributed by atoms with Crippen LogP contribution in [0.3, 0.4) is 0 Å². The van der Waals surface area contributed by atoms with Gasteiger partial charge in [0.2, 0.25) is 5.78 Å². The topological polar surface area (TPSA) is 85.4 Å². The van der Waals surface area contributed by atoms with Crippen molar-refractivity contribution < 1.29 is 22.3 Å². The molecule has 0 spiro atoms. The fourth-order valence-corrected chi connectivity index (χ4v) is 4.02. The lowest BCUT2D eigenvalue weighted by molar-refractivity contribution is 0.102. The number of methoxy groups -OCH3 is 1. The van der Waals surface area contributed by atoms with E-state index in [9.17, 15) is 17.6 Å². The summed E-state index contributed by atoms with van der Waals surface area (Å²) in [6.07, 6.45) is 1.17. The van der Waals surface area contributed by atoms with Gasteiger partial charge in [-0.25, -0.2) is 17.8 Å². The first-order chi connectivity index (χ1) is 13.7. The third-order valence-electron chi connectivity index (χ3n) is 4.04. The van der Waals surface area contributed by atoms with Gasteiger partial charge in [0.05, 0.1) is 22.7 Å². The molecule has 0 bridgehead atoms. The molecular formula is C20H16ClFN2O4S. The lowest BCUT2D eigenvalue weighted by atomic mass is 10.0. The minimum absolute atomic E-state index is 0.000605. The van der Waals surface area contributed by atoms with Gasteiger partial charge in [-0.2, -0.15) is 0 Å². The van der Waals surface area contributed by atoms with Crippen LogP contribution in [0.25, 0.3) is 0 Å². The van der Waals surface area contributed by atoms with Gasteiger partial charge in [0.1, 0.15) is 22.8 Å². The number of ether oxygens (including phenoxy) is 1. The molecule has 2 aromatic carbocycles. The van der Waals surface area contributed by atoms with Crippen molar-refractivity contribution in [2.75, 3.05) is 11.8 Å². The van der Waals surface area contributed by atoms with E-state index < -0.39 is 21.6 Å². The van der Waals surface area contributed by atoms with E-state index in [2.05, 4.69) is 9.71 Å². The predicted molar refractivity (Wildman–Crippen MR) is 108 cm³/mol. The Morgan fingerprint density at radius 1 is 1.17 bits per heavy atom. The van der Waals surface area contributed by atoms with E-state index in [-0.39, 0.29) is 32.6 Å². The average Bonchev–Trinajstić information content (AvgIpc) is 2.67.